The third-order valence-electron chi connectivity index (χ3n) is 2.20. The molecule has 0 spiro atoms. The molecule has 2 heterocycles. The van der Waals surface area contributed by atoms with Gasteiger partial charge >= 0.3 is 5.69 Å². The Morgan fingerprint density at radius 1 is 1.47 bits per heavy atom. The summed E-state index contributed by atoms with van der Waals surface area (Å²) in [5.74, 6) is 0.343. The summed E-state index contributed by atoms with van der Waals surface area (Å²) in [5.41, 5.74) is 0.963. The molecule has 6 nitrogen and oxygen atoms in total. The zero-order valence-corrected chi connectivity index (χ0v) is 8.89. The van der Waals surface area contributed by atoms with Gasteiger partial charge in [0.25, 0.3) is 0 Å². The van der Waals surface area contributed by atoms with E-state index in [0.717, 1.165) is 5.52 Å². The maximum absolute atomic E-state index is 11.5. The van der Waals surface area contributed by atoms with Crippen molar-refractivity contribution in [1.29, 1.82) is 0 Å². The van der Waals surface area contributed by atoms with E-state index in [9.17, 15) is 4.79 Å². The summed E-state index contributed by atoms with van der Waals surface area (Å²) in [6.45, 7) is 2.32. The van der Waals surface area contributed by atoms with E-state index >= 15 is 0 Å². The average molecular weight is 208 g/mol. The van der Waals surface area contributed by atoms with Crippen LogP contribution in [0.5, 0.6) is 5.88 Å². The molecule has 0 saturated heterocycles. The van der Waals surface area contributed by atoms with E-state index in [-0.39, 0.29) is 5.69 Å². The van der Waals surface area contributed by atoms with Crippen molar-refractivity contribution in [1.82, 2.24) is 19.1 Å². The molecule has 0 N–H and O–H groups in total. The van der Waals surface area contributed by atoms with Crippen LogP contribution in [-0.4, -0.2) is 25.7 Å². The lowest BCUT2D eigenvalue weighted by molar-refractivity contribution is 0.327. The number of nitrogens with zero attached hydrogens (tertiary/aromatic N) is 4. The van der Waals surface area contributed by atoms with Gasteiger partial charge in [0.05, 0.1) is 12.9 Å². The Balaban J connectivity index is 2.85. The Morgan fingerprint density at radius 2 is 2.20 bits per heavy atom. The van der Waals surface area contributed by atoms with Crippen molar-refractivity contribution >= 4 is 11.2 Å². The fourth-order valence-corrected chi connectivity index (χ4v) is 1.45. The first-order chi connectivity index (χ1) is 7.15. The number of hydrogen-bond donors (Lipinski definition) is 0. The molecule has 0 amide bonds. The molecule has 2 rings (SSSR count). The van der Waals surface area contributed by atoms with Crippen molar-refractivity contribution in [3.8, 4) is 5.88 Å². The van der Waals surface area contributed by atoms with Crippen molar-refractivity contribution < 1.29 is 4.74 Å². The molecule has 2 aromatic heterocycles. The van der Waals surface area contributed by atoms with Gasteiger partial charge in [-0.25, -0.2) is 9.78 Å². The first kappa shape index (κ1) is 9.70. The first-order valence-corrected chi connectivity index (χ1v) is 4.66. The Kier molecular flexibility index (Phi) is 2.18. The Bertz CT molecular complexity index is 555. The predicted octanol–water partition coefficient (Wildman–Crippen LogP) is 0.0657. The topological polar surface area (TPSA) is 61.9 Å². The zero-order valence-electron chi connectivity index (χ0n) is 8.89. The first-order valence-electron chi connectivity index (χ1n) is 4.66. The molecule has 0 atom stereocenters. The molecule has 15 heavy (non-hydrogen) atoms. The maximum atomic E-state index is 11.5. The molecule has 0 bridgehead atoms. The Morgan fingerprint density at radius 3 is 2.87 bits per heavy atom. The van der Waals surface area contributed by atoms with Crippen molar-refractivity contribution in [2.75, 3.05) is 6.61 Å². The summed E-state index contributed by atoms with van der Waals surface area (Å²) in [5, 5.41) is 0. The minimum absolute atomic E-state index is 0.343. The van der Waals surface area contributed by atoms with E-state index in [0.29, 0.717) is 18.1 Å². The van der Waals surface area contributed by atoms with Crippen LogP contribution in [0, 0.1) is 0 Å². The van der Waals surface area contributed by atoms with Crippen LogP contribution in [0.3, 0.4) is 0 Å². The summed E-state index contributed by atoms with van der Waals surface area (Å²) >= 11 is 0. The summed E-state index contributed by atoms with van der Waals surface area (Å²) in [6.07, 6.45) is 1.63. The molecule has 0 aliphatic heterocycles. The standard InChI is InChI=1S/C9H12N4O2/c1-4-15-8-6-7(10-5-12(6)2)13(3)9(14)11-8/h5H,4H2,1-3H3. The number of hydrogen-bond acceptors (Lipinski definition) is 4. The molecule has 0 radical (unpaired) electrons. The number of rotatable bonds is 2. The summed E-state index contributed by atoms with van der Waals surface area (Å²) in [4.78, 5) is 19.4. The fraction of sp³-hybridized carbons (Fsp3) is 0.444. The van der Waals surface area contributed by atoms with Gasteiger partial charge < -0.3 is 9.30 Å². The number of aromatic nitrogens is 4. The zero-order chi connectivity index (χ0) is 11.0. The highest BCUT2D eigenvalue weighted by Gasteiger charge is 2.13. The van der Waals surface area contributed by atoms with Crippen LogP contribution in [0.4, 0.5) is 0 Å². The molecular formula is C9H12N4O2. The van der Waals surface area contributed by atoms with E-state index in [1.165, 1.54) is 4.57 Å². The second-order valence-electron chi connectivity index (χ2n) is 3.22. The van der Waals surface area contributed by atoms with Crippen LogP contribution >= 0.6 is 0 Å². The third kappa shape index (κ3) is 1.38. The van der Waals surface area contributed by atoms with Gasteiger partial charge in [-0.15, -0.1) is 0 Å². The molecule has 6 heteroatoms. The minimum atomic E-state index is -0.357. The SMILES string of the molecule is CCOc1nc(=O)n(C)c2ncn(C)c12. The van der Waals surface area contributed by atoms with Crippen molar-refractivity contribution in [2.24, 2.45) is 14.1 Å². The van der Waals surface area contributed by atoms with E-state index in [4.69, 9.17) is 4.74 Å². The molecule has 0 aliphatic carbocycles. The summed E-state index contributed by atoms with van der Waals surface area (Å²) in [7, 11) is 3.48. The highest BCUT2D eigenvalue weighted by Crippen LogP contribution is 2.18. The molecule has 80 valence electrons. The number of imidazole rings is 1. The Hall–Kier alpha value is -1.85. The van der Waals surface area contributed by atoms with Crippen molar-refractivity contribution in [3.63, 3.8) is 0 Å². The van der Waals surface area contributed by atoms with E-state index in [2.05, 4.69) is 9.97 Å². The largest absolute Gasteiger partial charge is 0.476 e. The second kappa shape index (κ2) is 3.38. The van der Waals surface area contributed by atoms with Gasteiger partial charge in [0.15, 0.2) is 5.65 Å². The second-order valence-corrected chi connectivity index (χ2v) is 3.22. The third-order valence-corrected chi connectivity index (χ3v) is 2.20. The van der Waals surface area contributed by atoms with Crippen LogP contribution in [0.25, 0.3) is 11.2 Å². The van der Waals surface area contributed by atoms with Crippen LogP contribution < -0.4 is 10.4 Å². The molecular weight excluding hydrogens is 196 g/mol. The van der Waals surface area contributed by atoms with E-state index in [1.807, 2.05) is 14.0 Å². The summed E-state index contributed by atoms with van der Waals surface area (Å²) < 4.78 is 8.49. The van der Waals surface area contributed by atoms with E-state index < -0.39 is 0 Å². The van der Waals surface area contributed by atoms with Gasteiger partial charge in [0.1, 0.15) is 5.52 Å². The molecule has 0 aromatic carbocycles. The lowest BCUT2D eigenvalue weighted by Crippen LogP contribution is -2.21. The summed E-state index contributed by atoms with van der Waals surface area (Å²) in [6, 6.07) is 0. The normalized spacial score (nSPS) is 10.9. The van der Waals surface area contributed by atoms with Gasteiger partial charge in [0, 0.05) is 14.1 Å². The van der Waals surface area contributed by atoms with Crippen LogP contribution in [0.2, 0.25) is 0 Å². The number of aryl methyl sites for hydroxylation is 2. The number of ether oxygens (including phenoxy) is 1. The predicted molar refractivity (Wildman–Crippen MR) is 54.9 cm³/mol. The molecule has 0 saturated carbocycles. The maximum Gasteiger partial charge on any atom is 0.352 e. The molecule has 0 fully saturated rings. The monoisotopic (exact) mass is 208 g/mol. The van der Waals surface area contributed by atoms with Gasteiger partial charge in [-0.1, -0.05) is 0 Å². The molecule has 0 unspecified atom stereocenters. The van der Waals surface area contributed by atoms with Crippen molar-refractivity contribution in [3.05, 3.63) is 16.8 Å². The minimum Gasteiger partial charge on any atom is -0.476 e. The highest BCUT2D eigenvalue weighted by molar-refractivity contribution is 5.76. The lowest BCUT2D eigenvalue weighted by atomic mass is 10.5. The van der Waals surface area contributed by atoms with E-state index in [1.54, 1.807) is 17.9 Å². The molecule has 2 aromatic rings. The van der Waals surface area contributed by atoms with Crippen LogP contribution in [0.15, 0.2) is 11.1 Å². The van der Waals surface area contributed by atoms with Crippen LogP contribution in [0.1, 0.15) is 6.92 Å². The van der Waals surface area contributed by atoms with Gasteiger partial charge in [-0.2, -0.15) is 4.98 Å². The van der Waals surface area contributed by atoms with Gasteiger partial charge in [-0.05, 0) is 6.92 Å². The smallest absolute Gasteiger partial charge is 0.352 e. The fourth-order valence-electron chi connectivity index (χ4n) is 1.45. The molecule has 0 aliphatic rings. The lowest BCUT2D eigenvalue weighted by Gasteiger charge is -2.06. The van der Waals surface area contributed by atoms with Crippen LogP contribution in [-0.2, 0) is 14.1 Å². The number of fused-ring (bicyclic) bond motifs is 1. The van der Waals surface area contributed by atoms with Gasteiger partial charge in [-0.3, -0.25) is 4.57 Å². The van der Waals surface area contributed by atoms with Crippen molar-refractivity contribution in [2.45, 2.75) is 6.92 Å². The highest BCUT2D eigenvalue weighted by atomic mass is 16.5. The average Bonchev–Trinajstić information content (AvgIpc) is 2.57. The Labute approximate surface area is 86.1 Å². The van der Waals surface area contributed by atoms with Gasteiger partial charge in [0.2, 0.25) is 5.88 Å². The quantitative estimate of drug-likeness (QED) is 0.700.